The second-order valence-corrected chi connectivity index (χ2v) is 4.98. The summed E-state index contributed by atoms with van der Waals surface area (Å²) >= 11 is 0. The minimum absolute atomic E-state index is 0.154. The van der Waals surface area contributed by atoms with Gasteiger partial charge in [-0.1, -0.05) is 18.2 Å². The van der Waals surface area contributed by atoms with Gasteiger partial charge >= 0.3 is 5.97 Å². The van der Waals surface area contributed by atoms with E-state index in [1.54, 1.807) is 0 Å². The predicted octanol–water partition coefficient (Wildman–Crippen LogP) is 3.03. The first-order valence-corrected chi connectivity index (χ1v) is 6.09. The summed E-state index contributed by atoms with van der Waals surface area (Å²) in [7, 11) is 0. The molecule has 16 heavy (non-hydrogen) atoms. The van der Waals surface area contributed by atoms with E-state index in [0.29, 0.717) is 11.5 Å². The predicted molar refractivity (Wildman–Crippen MR) is 61.1 cm³/mol. The van der Waals surface area contributed by atoms with Crippen LogP contribution in [0.1, 0.15) is 36.0 Å². The van der Waals surface area contributed by atoms with E-state index in [1.807, 2.05) is 30.3 Å². The zero-order chi connectivity index (χ0) is 11.0. The Kier molecular flexibility index (Phi) is 2.43. The second-order valence-electron chi connectivity index (χ2n) is 4.98. The molecule has 3 atom stereocenters. The number of ether oxygens (including phenoxy) is 1. The van der Waals surface area contributed by atoms with Crippen molar-refractivity contribution in [3.05, 3.63) is 35.9 Å². The molecule has 2 nitrogen and oxygen atoms in total. The fourth-order valence-electron chi connectivity index (χ4n) is 3.11. The maximum atomic E-state index is 11.9. The molecule has 3 unspecified atom stereocenters. The van der Waals surface area contributed by atoms with E-state index >= 15 is 0 Å². The summed E-state index contributed by atoms with van der Waals surface area (Å²) < 4.78 is 5.59. The van der Waals surface area contributed by atoms with Gasteiger partial charge in [0.25, 0.3) is 0 Å². The van der Waals surface area contributed by atoms with E-state index in [-0.39, 0.29) is 12.1 Å². The number of fused-ring (bicyclic) bond motifs is 2. The number of carbonyl (C=O) groups excluding carboxylic acids is 1. The van der Waals surface area contributed by atoms with Gasteiger partial charge in [-0.05, 0) is 49.7 Å². The number of rotatable bonds is 2. The Labute approximate surface area is 95.6 Å². The highest BCUT2D eigenvalue weighted by molar-refractivity contribution is 5.89. The molecule has 0 N–H and O–H groups in total. The van der Waals surface area contributed by atoms with Crippen molar-refractivity contribution >= 4 is 5.97 Å². The highest BCUT2D eigenvalue weighted by Gasteiger charge is 2.41. The first-order chi connectivity index (χ1) is 7.83. The van der Waals surface area contributed by atoms with Crippen LogP contribution in [-0.4, -0.2) is 12.1 Å². The Morgan fingerprint density at radius 3 is 2.56 bits per heavy atom. The number of benzene rings is 1. The number of carbonyl (C=O) groups is 1. The van der Waals surface area contributed by atoms with Gasteiger partial charge in [-0.25, -0.2) is 4.79 Å². The van der Waals surface area contributed by atoms with Crippen LogP contribution in [0.5, 0.6) is 0 Å². The lowest BCUT2D eigenvalue weighted by Crippen LogP contribution is -2.24. The maximum absolute atomic E-state index is 11.9. The van der Waals surface area contributed by atoms with Gasteiger partial charge in [0.1, 0.15) is 6.10 Å². The van der Waals surface area contributed by atoms with E-state index in [4.69, 9.17) is 4.74 Å². The molecule has 84 valence electrons. The molecule has 0 aliphatic heterocycles. The van der Waals surface area contributed by atoms with E-state index in [1.165, 1.54) is 19.3 Å². The fourth-order valence-corrected chi connectivity index (χ4v) is 3.11. The van der Waals surface area contributed by atoms with E-state index in [0.717, 1.165) is 12.3 Å². The van der Waals surface area contributed by atoms with Crippen LogP contribution in [0.4, 0.5) is 0 Å². The van der Waals surface area contributed by atoms with Crippen LogP contribution < -0.4 is 0 Å². The third-order valence-corrected chi connectivity index (χ3v) is 3.94. The van der Waals surface area contributed by atoms with Crippen molar-refractivity contribution in [1.29, 1.82) is 0 Å². The molecular formula is C14H16O2. The molecule has 0 heterocycles. The van der Waals surface area contributed by atoms with Crippen LogP contribution in [0.2, 0.25) is 0 Å². The molecule has 2 saturated carbocycles. The molecule has 2 aliphatic carbocycles. The van der Waals surface area contributed by atoms with Crippen molar-refractivity contribution in [2.45, 2.75) is 31.8 Å². The maximum Gasteiger partial charge on any atom is 0.338 e. The third kappa shape index (κ3) is 1.73. The Morgan fingerprint density at radius 2 is 1.94 bits per heavy atom. The summed E-state index contributed by atoms with van der Waals surface area (Å²) in [6, 6.07) is 9.29. The Morgan fingerprint density at radius 1 is 1.12 bits per heavy atom. The van der Waals surface area contributed by atoms with Gasteiger partial charge < -0.3 is 4.74 Å². The number of hydrogen-bond acceptors (Lipinski definition) is 2. The van der Waals surface area contributed by atoms with Crippen LogP contribution in [0, 0.1) is 11.8 Å². The van der Waals surface area contributed by atoms with Crippen LogP contribution in [0.3, 0.4) is 0 Å². The highest BCUT2D eigenvalue weighted by Crippen LogP contribution is 2.46. The molecule has 2 fully saturated rings. The number of esters is 1. The van der Waals surface area contributed by atoms with Gasteiger partial charge in [-0.3, -0.25) is 0 Å². The summed E-state index contributed by atoms with van der Waals surface area (Å²) in [4.78, 5) is 11.9. The van der Waals surface area contributed by atoms with E-state index in [2.05, 4.69) is 0 Å². The minimum atomic E-state index is -0.154. The quantitative estimate of drug-likeness (QED) is 0.710. The van der Waals surface area contributed by atoms with Gasteiger partial charge in [0, 0.05) is 0 Å². The average Bonchev–Trinajstić information content (AvgIpc) is 2.92. The molecular weight excluding hydrogens is 200 g/mol. The summed E-state index contributed by atoms with van der Waals surface area (Å²) in [5.41, 5.74) is 0.672. The van der Waals surface area contributed by atoms with Crippen LogP contribution in [0.15, 0.2) is 30.3 Å². The Bertz CT molecular complexity index is 385. The number of hydrogen-bond donors (Lipinski definition) is 0. The largest absolute Gasteiger partial charge is 0.458 e. The molecule has 0 spiro atoms. The summed E-state index contributed by atoms with van der Waals surface area (Å²) in [5.74, 6) is 1.30. The molecule has 2 bridgehead atoms. The normalized spacial score (nSPS) is 31.6. The molecule has 0 aromatic heterocycles. The summed E-state index contributed by atoms with van der Waals surface area (Å²) in [5, 5.41) is 0. The van der Waals surface area contributed by atoms with E-state index in [9.17, 15) is 4.79 Å². The standard InChI is InChI=1S/C14H16O2/c15-14(11-4-2-1-3-5-11)16-13-9-10-6-7-12(13)8-10/h1-5,10,12-13H,6-9H2. The van der Waals surface area contributed by atoms with Gasteiger partial charge in [0.15, 0.2) is 0 Å². The van der Waals surface area contributed by atoms with E-state index < -0.39 is 0 Å². The zero-order valence-corrected chi connectivity index (χ0v) is 9.26. The second kappa shape index (κ2) is 3.93. The van der Waals surface area contributed by atoms with Crippen molar-refractivity contribution in [3.8, 4) is 0 Å². The lowest BCUT2D eigenvalue weighted by Gasteiger charge is -2.21. The van der Waals surface area contributed by atoms with Gasteiger partial charge in [-0.2, -0.15) is 0 Å². The molecule has 0 amide bonds. The molecule has 3 rings (SSSR count). The van der Waals surface area contributed by atoms with Crippen molar-refractivity contribution in [3.63, 3.8) is 0 Å². The molecule has 1 aromatic rings. The smallest absolute Gasteiger partial charge is 0.338 e. The lowest BCUT2D eigenvalue weighted by atomic mass is 9.98. The lowest BCUT2D eigenvalue weighted by molar-refractivity contribution is 0.0158. The van der Waals surface area contributed by atoms with Crippen LogP contribution in [-0.2, 0) is 4.74 Å². The van der Waals surface area contributed by atoms with Gasteiger partial charge in [0.05, 0.1) is 5.56 Å². The van der Waals surface area contributed by atoms with Crippen molar-refractivity contribution in [2.75, 3.05) is 0 Å². The molecule has 2 heteroatoms. The average molecular weight is 216 g/mol. The first kappa shape index (κ1) is 9.88. The van der Waals surface area contributed by atoms with Crippen molar-refractivity contribution < 1.29 is 9.53 Å². The molecule has 2 aliphatic rings. The molecule has 0 saturated heterocycles. The zero-order valence-electron chi connectivity index (χ0n) is 9.26. The van der Waals surface area contributed by atoms with Crippen LogP contribution >= 0.6 is 0 Å². The van der Waals surface area contributed by atoms with Crippen molar-refractivity contribution in [2.24, 2.45) is 11.8 Å². The van der Waals surface area contributed by atoms with Gasteiger partial charge in [0.2, 0.25) is 0 Å². The third-order valence-electron chi connectivity index (χ3n) is 3.94. The van der Waals surface area contributed by atoms with Gasteiger partial charge in [-0.15, -0.1) is 0 Å². The first-order valence-electron chi connectivity index (χ1n) is 6.09. The summed E-state index contributed by atoms with van der Waals surface area (Å²) in [6.45, 7) is 0. The Hall–Kier alpha value is -1.31. The monoisotopic (exact) mass is 216 g/mol. The Balaban J connectivity index is 1.65. The molecule has 0 radical (unpaired) electrons. The highest BCUT2D eigenvalue weighted by atomic mass is 16.5. The van der Waals surface area contributed by atoms with Crippen LogP contribution in [0.25, 0.3) is 0 Å². The fraction of sp³-hybridized carbons (Fsp3) is 0.500. The SMILES string of the molecule is O=C(OC1CC2CCC1C2)c1ccccc1. The topological polar surface area (TPSA) is 26.3 Å². The summed E-state index contributed by atoms with van der Waals surface area (Å²) in [6.07, 6.45) is 5.13. The molecule has 1 aromatic carbocycles. The van der Waals surface area contributed by atoms with Crippen molar-refractivity contribution in [1.82, 2.24) is 0 Å². The minimum Gasteiger partial charge on any atom is -0.458 e.